The molecular formula is C11H7ClFN3O2. The Morgan fingerprint density at radius 2 is 2.11 bits per heavy atom. The van der Waals surface area contributed by atoms with E-state index in [0.29, 0.717) is 0 Å². The third-order valence-corrected chi connectivity index (χ3v) is 2.61. The summed E-state index contributed by atoms with van der Waals surface area (Å²) in [5.41, 5.74) is 0.172. The molecule has 5 nitrogen and oxygen atoms in total. The Labute approximate surface area is 106 Å². The Morgan fingerprint density at radius 1 is 1.39 bits per heavy atom. The first-order chi connectivity index (χ1) is 8.50. The molecule has 1 heterocycles. The van der Waals surface area contributed by atoms with Crippen LogP contribution in [0.4, 0.5) is 10.1 Å². The fourth-order valence-electron chi connectivity index (χ4n) is 1.54. The molecule has 1 aromatic carbocycles. The van der Waals surface area contributed by atoms with Crippen molar-refractivity contribution in [2.24, 2.45) is 0 Å². The van der Waals surface area contributed by atoms with Crippen molar-refractivity contribution in [1.82, 2.24) is 9.97 Å². The van der Waals surface area contributed by atoms with Crippen LogP contribution in [0.3, 0.4) is 0 Å². The van der Waals surface area contributed by atoms with Gasteiger partial charge in [-0.15, -0.1) is 0 Å². The summed E-state index contributed by atoms with van der Waals surface area (Å²) in [4.78, 5) is 17.5. The van der Waals surface area contributed by atoms with Crippen LogP contribution in [0, 0.1) is 22.9 Å². The quantitative estimate of drug-likeness (QED) is 0.476. The van der Waals surface area contributed by atoms with E-state index in [0.717, 1.165) is 11.9 Å². The maximum atomic E-state index is 13.7. The minimum atomic E-state index is -0.723. The van der Waals surface area contributed by atoms with Crippen LogP contribution in [0.25, 0.3) is 11.3 Å². The Morgan fingerprint density at radius 3 is 2.78 bits per heavy atom. The molecular weight excluding hydrogens is 261 g/mol. The van der Waals surface area contributed by atoms with Crippen LogP contribution in [0.15, 0.2) is 24.5 Å². The molecule has 0 atom stereocenters. The first-order valence-corrected chi connectivity index (χ1v) is 5.30. The molecule has 92 valence electrons. The van der Waals surface area contributed by atoms with E-state index < -0.39 is 16.4 Å². The number of hydrogen-bond acceptors (Lipinski definition) is 4. The van der Waals surface area contributed by atoms with Crippen LogP contribution >= 0.6 is 11.6 Å². The molecule has 0 N–H and O–H groups in total. The van der Waals surface area contributed by atoms with Crippen molar-refractivity contribution in [2.75, 3.05) is 0 Å². The van der Waals surface area contributed by atoms with E-state index in [1.165, 1.54) is 12.1 Å². The molecule has 0 unspecified atom stereocenters. The van der Waals surface area contributed by atoms with E-state index in [1.54, 1.807) is 13.0 Å². The molecule has 0 aliphatic heterocycles. The molecule has 2 rings (SSSR count). The van der Waals surface area contributed by atoms with Crippen molar-refractivity contribution in [1.29, 1.82) is 0 Å². The lowest BCUT2D eigenvalue weighted by molar-refractivity contribution is -0.384. The summed E-state index contributed by atoms with van der Waals surface area (Å²) in [5, 5.41) is 10.6. The van der Waals surface area contributed by atoms with E-state index in [1.807, 2.05) is 0 Å². The highest BCUT2D eigenvalue weighted by molar-refractivity contribution is 6.31. The van der Waals surface area contributed by atoms with E-state index in [-0.39, 0.29) is 16.4 Å². The van der Waals surface area contributed by atoms with Crippen LogP contribution in [0.1, 0.15) is 5.56 Å². The summed E-state index contributed by atoms with van der Waals surface area (Å²) >= 11 is 5.65. The lowest BCUT2D eigenvalue weighted by atomic mass is 10.1. The minimum Gasteiger partial charge on any atom is -0.258 e. The standard InChI is InChI=1S/C11H7ClFN3O2/c1-6-2-3-8(13)7(4-6)9-10(16(17)18)11(12)15-5-14-9/h2-5H,1H3. The maximum Gasteiger partial charge on any atom is 0.332 e. The van der Waals surface area contributed by atoms with Gasteiger partial charge in [0.25, 0.3) is 0 Å². The fourth-order valence-corrected chi connectivity index (χ4v) is 1.74. The molecule has 0 aliphatic carbocycles. The van der Waals surface area contributed by atoms with Crippen molar-refractivity contribution in [2.45, 2.75) is 6.92 Å². The maximum absolute atomic E-state index is 13.7. The van der Waals surface area contributed by atoms with Crippen LogP contribution in [0.2, 0.25) is 5.15 Å². The average molecular weight is 268 g/mol. The van der Waals surface area contributed by atoms with Gasteiger partial charge in [-0.1, -0.05) is 23.2 Å². The Kier molecular flexibility index (Phi) is 3.20. The second-order valence-electron chi connectivity index (χ2n) is 3.60. The normalized spacial score (nSPS) is 10.4. The zero-order chi connectivity index (χ0) is 13.3. The van der Waals surface area contributed by atoms with Crippen molar-refractivity contribution in [3.8, 4) is 11.3 Å². The van der Waals surface area contributed by atoms with Gasteiger partial charge < -0.3 is 0 Å². The van der Waals surface area contributed by atoms with E-state index in [9.17, 15) is 14.5 Å². The van der Waals surface area contributed by atoms with Crippen LogP contribution < -0.4 is 0 Å². The molecule has 2 aromatic rings. The number of aromatic nitrogens is 2. The highest BCUT2D eigenvalue weighted by Crippen LogP contribution is 2.33. The van der Waals surface area contributed by atoms with Crippen molar-refractivity contribution in [3.05, 3.63) is 51.2 Å². The predicted molar refractivity (Wildman–Crippen MR) is 63.8 cm³/mol. The number of hydrogen-bond donors (Lipinski definition) is 0. The van der Waals surface area contributed by atoms with E-state index in [4.69, 9.17) is 11.6 Å². The third kappa shape index (κ3) is 2.14. The summed E-state index contributed by atoms with van der Waals surface area (Å²) < 4.78 is 13.7. The van der Waals surface area contributed by atoms with Gasteiger partial charge in [0.15, 0.2) is 5.69 Å². The topological polar surface area (TPSA) is 68.9 Å². The summed E-state index contributed by atoms with van der Waals surface area (Å²) in [6.45, 7) is 1.75. The number of aryl methyl sites for hydroxylation is 1. The van der Waals surface area contributed by atoms with Gasteiger partial charge in [0.2, 0.25) is 5.15 Å². The minimum absolute atomic E-state index is 0.0333. The first kappa shape index (κ1) is 12.4. The lowest BCUT2D eigenvalue weighted by Gasteiger charge is -2.05. The molecule has 0 saturated carbocycles. The number of benzene rings is 1. The molecule has 0 amide bonds. The van der Waals surface area contributed by atoms with Gasteiger partial charge in [0, 0.05) is 5.56 Å². The average Bonchev–Trinajstić information content (AvgIpc) is 2.31. The summed E-state index contributed by atoms with van der Waals surface area (Å²) in [7, 11) is 0. The van der Waals surface area contributed by atoms with Crippen LogP contribution in [0.5, 0.6) is 0 Å². The molecule has 1 aromatic heterocycles. The van der Waals surface area contributed by atoms with E-state index >= 15 is 0 Å². The molecule has 0 bridgehead atoms. The molecule has 0 radical (unpaired) electrons. The Balaban J connectivity index is 2.75. The third-order valence-electron chi connectivity index (χ3n) is 2.34. The SMILES string of the molecule is Cc1ccc(F)c(-c2ncnc(Cl)c2[N+](=O)[O-])c1. The largest absolute Gasteiger partial charge is 0.332 e. The van der Waals surface area contributed by atoms with E-state index in [2.05, 4.69) is 9.97 Å². The molecule has 0 aliphatic rings. The highest BCUT2D eigenvalue weighted by atomic mass is 35.5. The number of rotatable bonds is 2. The Hall–Kier alpha value is -2.08. The monoisotopic (exact) mass is 267 g/mol. The Bertz CT molecular complexity index is 634. The summed E-state index contributed by atoms with van der Waals surface area (Å²) in [5.74, 6) is -0.599. The number of halogens is 2. The molecule has 7 heteroatoms. The molecule has 0 saturated heterocycles. The summed E-state index contributed by atoms with van der Waals surface area (Å²) in [6.07, 6.45) is 1.06. The molecule has 18 heavy (non-hydrogen) atoms. The second-order valence-corrected chi connectivity index (χ2v) is 3.96. The number of nitro groups is 1. The zero-order valence-electron chi connectivity index (χ0n) is 9.22. The van der Waals surface area contributed by atoms with Gasteiger partial charge in [-0.25, -0.2) is 14.4 Å². The van der Waals surface area contributed by atoms with Gasteiger partial charge in [0.05, 0.1) is 4.92 Å². The van der Waals surface area contributed by atoms with Crippen molar-refractivity contribution >= 4 is 17.3 Å². The van der Waals surface area contributed by atoms with Gasteiger partial charge in [-0.2, -0.15) is 0 Å². The van der Waals surface area contributed by atoms with Gasteiger partial charge in [0.1, 0.15) is 12.1 Å². The van der Waals surface area contributed by atoms with Crippen LogP contribution in [-0.4, -0.2) is 14.9 Å². The smallest absolute Gasteiger partial charge is 0.258 e. The second kappa shape index (κ2) is 4.66. The van der Waals surface area contributed by atoms with Crippen molar-refractivity contribution < 1.29 is 9.31 Å². The molecule has 0 spiro atoms. The number of nitrogens with zero attached hydrogens (tertiary/aromatic N) is 3. The lowest BCUT2D eigenvalue weighted by Crippen LogP contribution is -1.99. The zero-order valence-corrected chi connectivity index (χ0v) is 9.98. The first-order valence-electron chi connectivity index (χ1n) is 4.92. The summed E-state index contributed by atoms with van der Waals surface area (Å²) in [6, 6.07) is 4.26. The predicted octanol–water partition coefficient (Wildman–Crippen LogP) is 3.15. The molecule has 0 fully saturated rings. The van der Waals surface area contributed by atoms with Gasteiger partial charge >= 0.3 is 5.69 Å². The van der Waals surface area contributed by atoms with Gasteiger partial charge in [-0.05, 0) is 19.1 Å². The van der Waals surface area contributed by atoms with Gasteiger partial charge in [-0.3, -0.25) is 10.1 Å². The van der Waals surface area contributed by atoms with Crippen LogP contribution in [-0.2, 0) is 0 Å². The highest BCUT2D eigenvalue weighted by Gasteiger charge is 2.24. The fraction of sp³-hybridized carbons (Fsp3) is 0.0909. The van der Waals surface area contributed by atoms with Crippen molar-refractivity contribution in [3.63, 3.8) is 0 Å².